The van der Waals surface area contributed by atoms with E-state index < -0.39 is 11.7 Å². The summed E-state index contributed by atoms with van der Waals surface area (Å²) >= 11 is 0. The number of hydrogen-bond acceptors (Lipinski definition) is 5. The molecule has 6 nitrogen and oxygen atoms in total. The fraction of sp³-hybridized carbons (Fsp3) is 0.353. The van der Waals surface area contributed by atoms with Crippen LogP contribution in [0.15, 0.2) is 41.2 Å². The molecule has 1 unspecified atom stereocenters. The van der Waals surface area contributed by atoms with Crippen molar-refractivity contribution in [1.82, 2.24) is 24.8 Å². The first-order valence-electron chi connectivity index (χ1n) is 7.93. The number of hydrogen-bond donors (Lipinski definition) is 0. The zero-order valence-electron chi connectivity index (χ0n) is 14.5. The van der Waals surface area contributed by atoms with E-state index in [9.17, 15) is 13.2 Å². The van der Waals surface area contributed by atoms with Gasteiger partial charge in [0.2, 0.25) is 11.7 Å². The van der Waals surface area contributed by atoms with Gasteiger partial charge < -0.3 is 4.52 Å². The number of benzene rings is 1. The van der Waals surface area contributed by atoms with Crippen molar-refractivity contribution in [1.29, 1.82) is 0 Å². The Morgan fingerprint density at radius 1 is 1.23 bits per heavy atom. The van der Waals surface area contributed by atoms with Gasteiger partial charge in [-0.15, -0.1) is 0 Å². The van der Waals surface area contributed by atoms with Crippen LogP contribution >= 0.6 is 0 Å². The standard InChI is InChI=1S/C17H18F3N5O/c1-11(13-8-21-25(3)9-13)24(2)10-15-22-16(23-26-15)12-4-6-14(7-5-12)17(18,19)20/h4-9,11H,10H2,1-3H3. The maximum atomic E-state index is 12.6. The summed E-state index contributed by atoms with van der Waals surface area (Å²) in [6.45, 7) is 2.44. The molecule has 26 heavy (non-hydrogen) atoms. The maximum Gasteiger partial charge on any atom is 0.416 e. The molecule has 2 heterocycles. The maximum absolute atomic E-state index is 12.6. The van der Waals surface area contributed by atoms with Crippen LogP contribution in [0.3, 0.4) is 0 Å². The molecule has 3 aromatic rings. The van der Waals surface area contributed by atoms with Gasteiger partial charge in [0.1, 0.15) is 0 Å². The van der Waals surface area contributed by atoms with Gasteiger partial charge in [-0.2, -0.15) is 23.3 Å². The zero-order valence-corrected chi connectivity index (χ0v) is 14.5. The first-order valence-corrected chi connectivity index (χ1v) is 7.93. The predicted octanol–water partition coefficient (Wildman–Crippen LogP) is 3.68. The Hall–Kier alpha value is -2.68. The molecule has 2 aromatic heterocycles. The highest BCUT2D eigenvalue weighted by Gasteiger charge is 2.30. The van der Waals surface area contributed by atoms with Crippen LogP contribution in [-0.2, 0) is 19.8 Å². The van der Waals surface area contributed by atoms with Crippen LogP contribution < -0.4 is 0 Å². The highest BCUT2D eigenvalue weighted by Crippen LogP contribution is 2.30. The predicted molar refractivity (Wildman–Crippen MR) is 87.8 cm³/mol. The van der Waals surface area contributed by atoms with Gasteiger partial charge >= 0.3 is 6.18 Å². The third-order valence-corrected chi connectivity index (χ3v) is 4.19. The quantitative estimate of drug-likeness (QED) is 0.690. The minimum absolute atomic E-state index is 0.0881. The van der Waals surface area contributed by atoms with E-state index in [4.69, 9.17) is 4.52 Å². The van der Waals surface area contributed by atoms with Gasteiger partial charge in [-0.25, -0.2) is 0 Å². The van der Waals surface area contributed by atoms with E-state index in [1.54, 1.807) is 10.9 Å². The van der Waals surface area contributed by atoms with Gasteiger partial charge in [-0.1, -0.05) is 17.3 Å². The lowest BCUT2D eigenvalue weighted by atomic mass is 10.1. The summed E-state index contributed by atoms with van der Waals surface area (Å²) in [5.41, 5.74) is 0.809. The van der Waals surface area contributed by atoms with Crippen molar-refractivity contribution >= 4 is 0 Å². The van der Waals surface area contributed by atoms with Crippen LogP contribution in [-0.4, -0.2) is 31.9 Å². The molecule has 0 spiro atoms. The normalized spacial score (nSPS) is 13.3. The van der Waals surface area contributed by atoms with Gasteiger partial charge in [0.15, 0.2) is 0 Å². The molecule has 0 aliphatic carbocycles. The fourth-order valence-corrected chi connectivity index (χ4v) is 2.51. The lowest BCUT2D eigenvalue weighted by molar-refractivity contribution is -0.137. The van der Waals surface area contributed by atoms with Crippen molar-refractivity contribution in [3.05, 3.63) is 53.7 Å². The molecule has 0 fully saturated rings. The van der Waals surface area contributed by atoms with Crippen LogP contribution in [0.25, 0.3) is 11.4 Å². The van der Waals surface area contributed by atoms with Gasteiger partial charge in [0.05, 0.1) is 18.3 Å². The summed E-state index contributed by atoms with van der Waals surface area (Å²) < 4.78 is 44.8. The molecule has 0 aliphatic rings. The number of rotatable bonds is 5. The molecule has 0 saturated heterocycles. The topological polar surface area (TPSA) is 60.0 Å². The minimum atomic E-state index is -4.37. The van der Waals surface area contributed by atoms with E-state index in [2.05, 4.69) is 15.2 Å². The second kappa shape index (κ2) is 6.91. The van der Waals surface area contributed by atoms with Gasteiger partial charge in [0, 0.05) is 30.4 Å². The summed E-state index contributed by atoms with van der Waals surface area (Å²) in [7, 11) is 3.77. The van der Waals surface area contributed by atoms with Gasteiger partial charge in [-0.3, -0.25) is 9.58 Å². The Bertz CT molecular complexity index is 869. The molecule has 3 rings (SSSR count). The first-order chi connectivity index (χ1) is 12.2. The monoisotopic (exact) mass is 365 g/mol. The van der Waals surface area contributed by atoms with Crippen molar-refractivity contribution in [2.24, 2.45) is 7.05 Å². The SMILES string of the molecule is CC(c1cnn(C)c1)N(C)Cc1nc(-c2ccc(C(F)(F)F)cc2)no1. The molecule has 0 N–H and O–H groups in total. The molecular formula is C17H18F3N5O. The molecule has 1 aromatic carbocycles. The van der Waals surface area contributed by atoms with E-state index in [-0.39, 0.29) is 11.9 Å². The largest absolute Gasteiger partial charge is 0.416 e. The molecule has 0 amide bonds. The average molecular weight is 365 g/mol. The van der Waals surface area contributed by atoms with Crippen molar-refractivity contribution in [3.8, 4) is 11.4 Å². The number of nitrogens with zero attached hydrogens (tertiary/aromatic N) is 5. The number of halogens is 3. The number of alkyl halides is 3. The summed E-state index contributed by atoms with van der Waals surface area (Å²) in [6, 6.07) is 4.76. The lowest BCUT2D eigenvalue weighted by Gasteiger charge is -2.21. The van der Waals surface area contributed by atoms with E-state index in [1.807, 2.05) is 32.1 Å². The summed E-state index contributed by atoms with van der Waals surface area (Å²) in [5.74, 6) is 0.647. The van der Waals surface area contributed by atoms with Gasteiger partial charge in [0.25, 0.3) is 0 Å². The van der Waals surface area contributed by atoms with E-state index >= 15 is 0 Å². The van der Waals surface area contributed by atoms with Crippen molar-refractivity contribution in [2.75, 3.05) is 7.05 Å². The first kappa shape index (κ1) is 18.1. The lowest BCUT2D eigenvalue weighted by Crippen LogP contribution is -2.21. The Kier molecular flexibility index (Phi) is 4.82. The Morgan fingerprint density at radius 3 is 2.50 bits per heavy atom. The van der Waals surface area contributed by atoms with Crippen LogP contribution in [0.5, 0.6) is 0 Å². The second-order valence-electron chi connectivity index (χ2n) is 6.13. The molecule has 0 aliphatic heterocycles. The minimum Gasteiger partial charge on any atom is -0.338 e. The highest BCUT2D eigenvalue weighted by atomic mass is 19.4. The number of aryl methyl sites for hydroxylation is 1. The smallest absolute Gasteiger partial charge is 0.338 e. The van der Waals surface area contributed by atoms with E-state index in [0.717, 1.165) is 17.7 Å². The van der Waals surface area contributed by atoms with E-state index in [0.29, 0.717) is 18.0 Å². The fourth-order valence-electron chi connectivity index (χ4n) is 2.51. The Morgan fingerprint density at radius 2 is 1.92 bits per heavy atom. The molecular weight excluding hydrogens is 347 g/mol. The Balaban J connectivity index is 1.69. The van der Waals surface area contributed by atoms with Crippen LogP contribution in [0.4, 0.5) is 13.2 Å². The molecule has 0 radical (unpaired) electrons. The van der Waals surface area contributed by atoms with Crippen molar-refractivity contribution < 1.29 is 17.7 Å². The molecule has 0 saturated carbocycles. The highest BCUT2D eigenvalue weighted by molar-refractivity contribution is 5.54. The summed E-state index contributed by atoms with van der Waals surface area (Å²) in [4.78, 5) is 6.29. The zero-order chi connectivity index (χ0) is 18.9. The van der Waals surface area contributed by atoms with Crippen molar-refractivity contribution in [3.63, 3.8) is 0 Å². The van der Waals surface area contributed by atoms with Crippen molar-refractivity contribution in [2.45, 2.75) is 25.7 Å². The molecule has 0 bridgehead atoms. The van der Waals surface area contributed by atoms with Crippen LogP contribution in [0.2, 0.25) is 0 Å². The number of aromatic nitrogens is 4. The Labute approximate surface area is 148 Å². The molecule has 9 heteroatoms. The summed E-state index contributed by atoms with van der Waals surface area (Å²) in [5, 5.41) is 8.01. The third kappa shape index (κ3) is 3.93. The summed E-state index contributed by atoms with van der Waals surface area (Å²) in [6.07, 6.45) is -0.642. The third-order valence-electron chi connectivity index (χ3n) is 4.19. The van der Waals surface area contributed by atoms with Crippen LogP contribution in [0.1, 0.15) is 30.0 Å². The van der Waals surface area contributed by atoms with E-state index in [1.165, 1.54) is 12.1 Å². The molecule has 138 valence electrons. The average Bonchev–Trinajstić information content (AvgIpc) is 3.22. The van der Waals surface area contributed by atoms with Gasteiger partial charge in [-0.05, 0) is 26.1 Å². The molecule has 1 atom stereocenters. The second-order valence-corrected chi connectivity index (χ2v) is 6.13. The van der Waals surface area contributed by atoms with Crippen LogP contribution in [0, 0.1) is 0 Å².